The zero-order valence-corrected chi connectivity index (χ0v) is 14.5. The van der Waals surface area contributed by atoms with Crippen LogP contribution in [0.2, 0.25) is 0 Å². The summed E-state index contributed by atoms with van der Waals surface area (Å²) in [5, 5.41) is 0. The molecule has 0 atom stereocenters. The van der Waals surface area contributed by atoms with E-state index in [9.17, 15) is 61.9 Å². The number of carbonyl (C=O) groups is 1. The van der Waals surface area contributed by atoms with Gasteiger partial charge in [-0.3, -0.25) is 4.79 Å². The highest BCUT2D eigenvalue weighted by atomic mass is 19.4. The van der Waals surface area contributed by atoms with Gasteiger partial charge >= 0.3 is 41.8 Å². The molecule has 174 valence electrons. The summed E-state index contributed by atoms with van der Waals surface area (Å²) >= 11 is 0. The van der Waals surface area contributed by atoms with E-state index >= 15 is 0 Å². The monoisotopic (exact) mass is 462 g/mol. The normalized spacial score (nSPS) is 14.8. The van der Waals surface area contributed by atoms with Gasteiger partial charge in [0, 0.05) is 13.3 Å². The number of unbranched alkanes of at least 4 members (excludes halogenated alkanes) is 3. The number of ether oxygens (including phenoxy) is 1. The third-order valence-corrected chi connectivity index (χ3v) is 3.69. The van der Waals surface area contributed by atoms with E-state index in [1.54, 1.807) is 0 Å². The lowest BCUT2D eigenvalue weighted by atomic mass is 9.91. The Hall–Kier alpha value is -1.44. The molecule has 0 rings (SSSR count). The molecule has 0 saturated carbocycles. The molecule has 0 amide bonds. The summed E-state index contributed by atoms with van der Waals surface area (Å²) in [5.74, 6) is -37.3. The first-order valence-electron chi connectivity index (χ1n) is 7.76. The molecule has 0 spiro atoms. The summed E-state index contributed by atoms with van der Waals surface area (Å²) in [6, 6.07) is 0. The third kappa shape index (κ3) is 5.38. The van der Waals surface area contributed by atoms with E-state index in [0.29, 0.717) is 0 Å². The number of rotatable bonds is 11. The average molecular weight is 462 g/mol. The lowest BCUT2D eigenvalue weighted by Gasteiger charge is -2.39. The van der Waals surface area contributed by atoms with Crippen molar-refractivity contribution in [2.45, 2.75) is 74.8 Å². The number of halogens is 13. The molecule has 0 aliphatic heterocycles. The van der Waals surface area contributed by atoms with E-state index in [1.807, 2.05) is 0 Å². The summed E-state index contributed by atoms with van der Waals surface area (Å²) in [6.45, 7) is 0.861. The van der Waals surface area contributed by atoms with Crippen LogP contribution in [0.5, 0.6) is 0 Å². The van der Waals surface area contributed by atoms with E-state index in [0.717, 1.165) is 6.92 Å². The van der Waals surface area contributed by atoms with Crippen LogP contribution in [0.4, 0.5) is 57.1 Å². The summed E-state index contributed by atoms with van der Waals surface area (Å²) in [4.78, 5) is 10.4. The number of esters is 1. The molecule has 0 heterocycles. The van der Waals surface area contributed by atoms with Crippen LogP contribution < -0.4 is 0 Å². The molecule has 0 aromatic rings. The maximum Gasteiger partial charge on any atom is 0.460 e. The molecule has 0 N–H and O–H groups in total. The summed E-state index contributed by atoms with van der Waals surface area (Å²) in [6.07, 6.45) is -11.0. The van der Waals surface area contributed by atoms with Gasteiger partial charge in [-0.05, 0) is 12.8 Å². The van der Waals surface area contributed by atoms with Crippen LogP contribution >= 0.6 is 0 Å². The van der Waals surface area contributed by atoms with Gasteiger partial charge < -0.3 is 4.74 Å². The quantitative estimate of drug-likeness (QED) is 0.207. The molecular formula is C14H15F13O2. The molecule has 0 unspecified atom stereocenters. The molecule has 2 nitrogen and oxygen atoms in total. The van der Waals surface area contributed by atoms with Crippen molar-refractivity contribution in [1.29, 1.82) is 0 Å². The molecular weight excluding hydrogens is 447 g/mol. The summed E-state index contributed by atoms with van der Waals surface area (Å²) in [5.41, 5.74) is 0. The SMILES string of the molecule is CC(=O)OCCCCCCC(F)(F)C(F)(F)C(F)(F)C(F)(F)C(F)(F)C(F)(F)F. The highest BCUT2D eigenvalue weighted by Gasteiger charge is 2.90. The van der Waals surface area contributed by atoms with Crippen molar-refractivity contribution in [3.05, 3.63) is 0 Å². The first kappa shape index (κ1) is 27.6. The van der Waals surface area contributed by atoms with Crippen LogP contribution in [0, 0.1) is 0 Å². The van der Waals surface area contributed by atoms with Crippen molar-refractivity contribution >= 4 is 5.97 Å². The minimum Gasteiger partial charge on any atom is -0.466 e. The maximum atomic E-state index is 13.4. The topological polar surface area (TPSA) is 26.3 Å². The molecule has 0 aliphatic carbocycles. The summed E-state index contributed by atoms with van der Waals surface area (Å²) in [7, 11) is 0. The predicted octanol–water partition coefficient (Wildman–Crippen LogP) is 6.24. The van der Waals surface area contributed by atoms with Gasteiger partial charge in [-0.2, -0.15) is 57.1 Å². The molecule has 0 aromatic carbocycles. The second kappa shape index (κ2) is 8.74. The minimum absolute atomic E-state index is 0.0480. The Morgan fingerprint density at radius 2 is 1.03 bits per heavy atom. The zero-order valence-electron chi connectivity index (χ0n) is 14.5. The largest absolute Gasteiger partial charge is 0.466 e. The highest BCUT2D eigenvalue weighted by Crippen LogP contribution is 2.60. The highest BCUT2D eigenvalue weighted by molar-refractivity contribution is 5.65. The van der Waals surface area contributed by atoms with Crippen molar-refractivity contribution < 1.29 is 66.6 Å². The molecule has 0 aliphatic rings. The number of alkyl halides is 13. The minimum atomic E-state index is -7.87. The lowest BCUT2D eigenvalue weighted by molar-refractivity contribution is -0.440. The molecule has 0 bridgehead atoms. The molecule has 0 radical (unpaired) electrons. The predicted molar refractivity (Wildman–Crippen MR) is 70.5 cm³/mol. The standard InChI is InChI=1S/C14H15F13O2/c1-8(28)29-7-5-3-2-4-6-9(15,16)10(17,18)11(19,20)12(21,22)13(23,24)14(25,26)27/h2-7H2,1H3. The van der Waals surface area contributed by atoms with Crippen LogP contribution in [-0.2, 0) is 9.53 Å². The van der Waals surface area contributed by atoms with Crippen molar-refractivity contribution in [3.63, 3.8) is 0 Å². The van der Waals surface area contributed by atoms with Gasteiger partial charge in [-0.25, -0.2) is 0 Å². The van der Waals surface area contributed by atoms with Gasteiger partial charge in [-0.1, -0.05) is 12.8 Å². The van der Waals surface area contributed by atoms with Crippen LogP contribution in [-0.4, -0.2) is 48.4 Å². The maximum absolute atomic E-state index is 13.4. The van der Waals surface area contributed by atoms with Crippen LogP contribution in [0.1, 0.15) is 39.0 Å². The van der Waals surface area contributed by atoms with Crippen molar-refractivity contribution in [3.8, 4) is 0 Å². The van der Waals surface area contributed by atoms with Crippen molar-refractivity contribution in [1.82, 2.24) is 0 Å². The smallest absolute Gasteiger partial charge is 0.460 e. The van der Waals surface area contributed by atoms with E-state index in [1.165, 1.54) is 0 Å². The fourth-order valence-electron chi connectivity index (χ4n) is 1.98. The van der Waals surface area contributed by atoms with Gasteiger partial charge in [0.05, 0.1) is 6.61 Å². The fraction of sp³-hybridized carbons (Fsp3) is 0.929. The van der Waals surface area contributed by atoms with Gasteiger partial charge in [-0.15, -0.1) is 0 Å². The van der Waals surface area contributed by atoms with E-state index in [4.69, 9.17) is 0 Å². The Kier molecular flexibility index (Phi) is 8.31. The first-order chi connectivity index (χ1) is 12.7. The van der Waals surface area contributed by atoms with Crippen LogP contribution in [0.15, 0.2) is 0 Å². The van der Waals surface area contributed by atoms with Gasteiger partial charge in [0.25, 0.3) is 0 Å². The van der Waals surface area contributed by atoms with E-state index < -0.39 is 54.6 Å². The zero-order chi connectivity index (χ0) is 23.5. The van der Waals surface area contributed by atoms with Crippen molar-refractivity contribution in [2.75, 3.05) is 6.61 Å². The van der Waals surface area contributed by atoms with E-state index in [-0.39, 0.29) is 25.9 Å². The average Bonchev–Trinajstić information content (AvgIpc) is 2.51. The van der Waals surface area contributed by atoms with E-state index in [2.05, 4.69) is 4.74 Å². The Morgan fingerprint density at radius 3 is 1.45 bits per heavy atom. The molecule has 15 heteroatoms. The molecule has 0 saturated heterocycles. The number of carbonyl (C=O) groups excluding carboxylic acids is 1. The lowest BCUT2D eigenvalue weighted by Crippen LogP contribution is -2.70. The molecule has 0 fully saturated rings. The van der Waals surface area contributed by atoms with Gasteiger partial charge in [0.1, 0.15) is 0 Å². The second-order valence-electron chi connectivity index (χ2n) is 6.00. The van der Waals surface area contributed by atoms with Gasteiger partial charge in [0.15, 0.2) is 0 Å². The fourth-order valence-corrected chi connectivity index (χ4v) is 1.98. The van der Waals surface area contributed by atoms with Gasteiger partial charge in [0.2, 0.25) is 0 Å². The Labute approximate surface area is 155 Å². The first-order valence-corrected chi connectivity index (χ1v) is 7.76. The van der Waals surface area contributed by atoms with Crippen LogP contribution in [0.3, 0.4) is 0 Å². The molecule has 29 heavy (non-hydrogen) atoms. The van der Waals surface area contributed by atoms with Crippen LogP contribution in [0.25, 0.3) is 0 Å². The number of hydrogen-bond acceptors (Lipinski definition) is 2. The Morgan fingerprint density at radius 1 is 0.621 bits per heavy atom. The Balaban J connectivity index is 5.28. The summed E-state index contributed by atoms with van der Waals surface area (Å²) < 4.78 is 172. The van der Waals surface area contributed by atoms with Crippen molar-refractivity contribution in [2.24, 2.45) is 0 Å². The number of hydrogen-bond donors (Lipinski definition) is 0. The third-order valence-electron chi connectivity index (χ3n) is 3.69. The molecule has 0 aromatic heterocycles. The Bertz CT molecular complexity index is 554. The second-order valence-corrected chi connectivity index (χ2v) is 6.00.